The highest BCUT2D eigenvalue weighted by atomic mass is 16.5. The molecule has 5 rings (SSSR count). The number of nitrogens with zero attached hydrogens (tertiary/aromatic N) is 5. The summed E-state index contributed by atoms with van der Waals surface area (Å²) in [5.74, 6) is 0.608. The van der Waals surface area contributed by atoms with E-state index in [9.17, 15) is 4.79 Å². The number of aromatic nitrogens is 2. The van der Waals surface area contributed by atoms with Crippen molar-refractivity contribution in [2.24, 2.45) is 13.0 Å². The quantitative estimate of drug-likeness (QED) is 0.771. The van der Waals surface area contributed by atoms with Crippen molar-refractivity contribution in [1.29, 1.82) is 0 Å². The summed E-state index contributed by atoms with van der Waals surface area (Å²) in [4.78, 5) is 20.3. The summed E-state index contributed by atoms with van der Waals surface area (Å²) >= 11 is 0. The molecule has 30 heavy (non-hydrogen) atoms. The number of amides is 1. The summed E-state index contributed by atoms with van der Waals surface area (Å²) in [5.41, 5.74) is 1.39. The number of piperidine rings is 1. The van der Waals surface area contributed by atoms with Gasteiger partial charge in [-0.05, 0) is 38.3 Å². The van der Waals surface area contributed by atoms with E-state index in [0.29, 0.717) is 18.2 Å². The van der Waals surface area contributed by atoms with E-state index < -0.39 is 0 Å². The fraction of sp³-hybridized carbons (Fsp3) is 0.652. The number of benzene rings is 1. The maximum absolute atomic E-state index is 13.4. The van der Waals surface area contributed by atoms with Crippen LogP contribution in [0.2, 0.25) is 0 Å². The molecule has 3 aliphatic heterocycles. The number of hydrogen-bond donors (Lipinski definition) is 0. The van der Waals surface area contributed by atoms with Gasteiger partial charge in [0.2, 0.25) is 0 Å². The van der Waals surface area contributed by atoms with Crippen molar-refractivity contribution in [2.45, 2.75) is 24.9 Å². The zero-order chi connectivity index (χ0) is 20.7. The van der Waals surface area contributed by atoms with E-state index in [1.54, 1.807) is 4.68 Å². The second kappa shape index (κ2) is 7.94. The first kappa shape index (κ1) is 20.0. The van der Waals surface area contributed by atoms with Crippen molar-refractivity contribution in [2.75, 3.05) is 59.5 Å². The van der Waals surface area contributed by atoms with Crippen LogP contribution in [0.25, 0.3) is 10.9 Å². The smallest absolute Gasteiger partial charge is 0.275 e. The second-order valence-electron chi connectivity index (χ2n) is 9.49. The minimum atomic E-state index is -0.171. The van der Waals surface area contributed by atoms with Gasteiger partial charge in [-0.15, -0.1) is 0 Å². The molecule has 7 nitrogen and oxygen atoms in total. The molecule has 1 aromatic heterocycles. The van der Waals surface area contributed by atoms with E-state index in [4.69, 9.17) is 4.74 Å². The molecule has 1 aromatic carbocycles. The van der Waals surface area contributed by atoms with E-state index >= 15 is 0 Å². The number of hydrogen-bond acceptors (Lipinski definition) is 5. The Bertz CT molecular complexity index is 919. The molecule has 0 saturated carbocycles. The Morgan fingerprint density at radius 1 is 1.17 bits per heavy atom. The predicted octanol–water partition coefficient (Wildman–Crippen LogP) is 1.83. The average Bonchev–Trinajstić information content (AvgIpc) is 3.30. The SMILES string of the molecule is CN1CCN(C[C@@H]2CO[C@]3(CCCN(C(=O)c4nn(C)c5ccccc45)C3)C2)CC1. The van der Waals surface area contributed by atoms with Gasteiger partial charge in [0.1, 0.15) is 0 Å². The van der Waals surface area contributed by atoms with Gasteiger partial charge >= 0.3 is 0 Å². The van der Waals surface area contributed by atoms with Crippen LogP contribution in [0.3, 0.4) is 0 Å². The molecular weight excluding hydrogens is 378 g/mol. The predicted molar refractivity (Wildman–Crippen MR) is 117 cm³/mol. The van der Waals surface area contributed by atoms with Crippen LogP contribution in [0.5, 0.6) is 0 Å². The third kappa shape index (κ3) is 3.74. The molecule has 0 bridgehead atoms. The number of carbonyl (C=O) groups excluding carboxylic acids is 1. The second-order valence-corrected chi connectivity index (χ2v) is 9.49. The molecule has 0 unspecified atom stereocenters. The summed E-state index contributed by atoms with van der Waals surface area (Å²) < 4.78 is 8.22. The van der Waals surface area contributed by atoms with Crippen molar-refractivity contribution in [3.63, 3.8) is 0 Å². The van der Waals surface area contributed by atoms with Gasteiger partial charge in [0, 0.05) is 51.7 Å². The van der Waals surface area contributed by atoms with E-state index in [-0.39, 0.29) is 11.5 Å². The van der Waals surface area contributed by atoms with Crippen LogP contribution in [-0.4, -0.2) is 95.5 Å². The maximum atomic E-state index is 13.4. The van der Waals surface area contributed by atoms with Crippen molar-refractivity contribution in [1.82, 2.24) is 24.5 Å². The molecule has 0 N–H and O–H groups in total. The zero-order valence-corrected chi connectivity index (χ0v) is 18.2. The lowest BCUT2D eigenvalue weighted by molar-refractivity contribution is -0.0451. The van der Waals surface area contributed by atoms with Crippen LogP contribution in [0.15, 0.2) is 24.3 Å². The number of likely N-dealkylation sites (N-methyl/N-ethyl adjacent to an activating group) is 1. The summed E-state index contributed by atoms with van der Waals surface area (Å²) in [6.07, 6.45) is 3.11. The fourth-order valence-corrected chi connectivity index (χ4v) is 5.53. The minimum Gasteiger partial charge on any atom is -0.373 e. The summed E-state index contributed by atoms with van der Waals surface area (Å²) in [6.45, 7) is 8.02. The monoisotopic (exact) mass is 411 g/mol. The van der Waals surface area contributed by atoms with Gasteiger partial charge in [-0.3, -0.25) is 9.48 Å². The van der Waals surface area contributed by atoms with Crippen LogP contribution < -0.4 is 0 Å². The molecule has 162 valence electrons. The Balaban J connectivity index is 1.26. The van der Waals surface area contributed by atoms with E-state index in [1.165, 1.54) is 0 Å². The van der Waals surface area contributed by atoms with Gasteiger partial charge in [0.15, 0.2) is 5.69 Å². The molecule has 7 heteroatoms. The van der Waals surface area contributed by atoms with Crippen molar-refractivity contribution < 1.29 is 9.53 Å². The number of likely N-dealkylation sites (tertiary alicyclic amines) is 1. The van der Waals surface area contributed by atoms with Crippen molar-refractivity contribution in [3.05, 3.63) is 30.0 Å². The van der Waals surface area contributed by atoms with E-state index in [1.807, 2.05) is 36.2 Å². The lowest BCUT2D eigenvalue weighted by atomic mass is 9.86. The number of aryl methyl sites for hydroxylation is 1. The first-order chi connectivity index (χ1) is 14.5. The van der Waals surface area contributed by atoms with Crippen LogP contribution >= 0.6 is 0 Å². The molecule has 0 aliphatic carbocycles. The lowest BCUT2D eigenvalue weighted by Crippen LogP contribution is -2.50. The Morgan fingerprint density at radius 3 is 2.80 bits per heavy atom. The molecule has 2 aromatic rings. The van der Waals surface area contributed by atoms with Gasteiger partial charge in [-0.2, -0.15) is 5.10 Å². The summed E-state index contributed by atoms with van der Waals surface area (Å²) in [6, 6.07) is 7.97. The van der Waals surface area contributed by atoms with Gasteiger partial charge < -0.3 is 19.4 Å². The normalized spacial score (nSPS) is 28.6. The van der Waals surface area contributed by atoms with E-state index in [2.05, 4.69) is 21.9 Å². The van der Waals surface area contributed by atoms with Gasteiger partial charge in [-0.25, -0.2) is 0 Å². The first-order valence-corrected chi connectivity index (χ1v) is 11.3. The minimum absolute atomic E-state index is 0.0389. The molecule has 3 fully saturated rings. The Kier molecular flexibility index (Phi) is 5.29. The molecule has 3 aliphatic rings. The highest BCUT2D eigenvalue weighted by molar-refractivity contribution is 6.04. The lowest BCUT2D eigenvalue weighted by Gasteiger charge is -2.40. The molecular formula is C23H33N5O2. The molecule has 1 spiro atoms. The van der Waals surface area contributed by atoms with Crippen LogP contribution in [0, 0.1) is 5.92 Å². The fourth-order valence-electron chi connectivity index (χ4n) is 5.53. The Morgan fingerprint density at radius 2 is 1.97 bits per heavy atom. The summed E-state index contributed by atoms with van der Waals surface area (Å²) in [5, 5.41) is 5.49. The van der Waals surface area contributed by atoms with Crippen LogP contribution in [0.4, 0.5) is 0 Å². The first-order valence-electron chi connectivity index (χ1n) is 11.3. The summed E-state index contributed by atoms with van der Waals surface area (Å²) in [7, 11) is 4.10. The Labute approximate surface area is 178 Å². The molecule has 1 amide bonds. The number of carbonyl (C=O) groups is 1. The van der Waals surface area contributed by atoms with Crippen molar-refractivity contribution >= 4 is 16.8 Å². The third-order valence-corrected chi connectivity index (χ3v) is 7.19. The molecule has 0 radical (unpaired) electrons. The zero-order valence-electron chi connectivity index (χ0n) is 18.2. The van der Waals surface area contributed by atoms with Gasteiger partial charge in [0.05, 0.1) is 24.3 Å². The largest absolute Gasteiger partial charge is 0.373 e. The Hall–Kier alpha value is -1.96. The molecule has 4 heterocycles. The number of rotatable bonds is 3. The van der Waals surface area contributed by atoms with Crippen molar-refractivity contribution in [3.8, 4) is 0 Å². The maximum Gasteiger partial charge on any atom is 0.275 e. The van der Waals surface area contributed by atoms with Gasteiger partial charge in [0.25, 0.3) is 5.91 Å². The number of ether oxygens (including phenoxy) is 1. The molecule has 2 atom stereocenters. The van der Waals surface area contributed by atoms with Crippen LogP contribution in [0.1, 0.15) is 29.8 Å². The average molecular weight is 412 g/mol. The van der Waals surface area contributed by atoms with Gasteiger partial charge in [-0.1, -0.05) is 18.2 Å². The van der Waals surface area contributed by atoms with E-state index in [0.717, 1.165) is 76.0 Å². The highest BCUT2D eigenvalue weighted by Crippen LogP contribution is 2.38. The number of para-hydroxylation sites is 1. The third-order valence-electron chi connectivity index (χ3n) is 7.19. The highest BCUT2D eigenvalue weighted by Gasteiger charge is 2.45. The molecule has 3 saturated heterocycles. The van der Waals surface area contributed by atoms with Crippen LogP contribution in [-0.2, 0) is 11.8 Å². The standard InChI is InChI=1S/C23H33N5O2/c1-25-10-12-27(13-11-25)15-18-14-23(30-16-18)8-5-9-28(17-23)22(29)21-19-6-3-4-7-20(19)26(2)24-21/h3-4,6-7,18H,5,8-17H2,1-2H3/t18-,23-/m1/s1. The number of piperazine rings is 1. The number of fused-ring (bicyclic) bond motifs is 1. The topological polar surface area (TPSA) is 53.8 Å².